The molecule has 1 aromatic heterocycles. The number of nitrogens with zero attached hydrogens (tertiary/aromatic N) is 1. The van der Waals surface area contributed by atoms with Crippen LogP contribution in [0.5, 0.6) is 0 Å². The number of aryl methyl sites for hydroxylation is 1. The molecule has 0 spiro atoms. The van der Waals surface area contributed by atoms with Gasteiger partial charge in [-0.05, 0) is 42.7 Å². The van der Waals surface area contributed by atoms with Crippen LogP contribution >= 0.6 is 11.3 Å². The number of hydrogen-bond acceptors (Lipinski definition) is 2. The fourth-order valence-electron chi connectivity index (χ4n) is 1.06. The van der Waals surface area contributed by atoms with Crippen LogP contribution < -0.4 is 0 Å². The lowest BCUT2D eigenvalue weighted by molar-refractivity contribution is 0.685. The van der Waals surface area contributed by atoms with Gasteiger partial charge in [0.15, 0.2) is 0 Å². The van der Waals surface area contributed by atoms with Crippen molar-refractivity contribution in [1.82, 2.24) is 0 Å². The van der Waals surface area contributed by atoms with E-state index in [1.807, 2.05) is 20.8 Å². The third kappa shape index (κ3) is 1.44. The number of hydrogen-bond donors (Lipinski definition) is 0. The topological polar surface area (TPSA) is 23.8 Å². The quantitative estimate of drug-likeness (QED) is 0.627. The third-order valence-corrected chi connectivity index (χ3v) is 2.67. The molecule has 0 bridgehead atoms. The molecule has 58 valence electrons. The molecule has 0 aliphatic heterocycles. The Morgan fingerprint density at radius 2 is 2.09 bits per heavy atom. The van der Waals surface area contributed by atoms with Crippen LogP contribution in [-0.2, 0) is 5.41 Å². The zero-order valence-corrected chi connectivity index (χ0v) is 7.83. The Morgan fingerprint density at radius 1 is 1.45 bits per heavy atom. The molecule has 1 aromatic rings. The number of thiophene rings is 1. The lowest BCUT2D eigenvalue weighted by Gasteiger charge is -2.14. The minimum absolute atomic E-state index is 0.329. The molecule has 0 fully saturated rings. The molecule has 0 saturated heterocycles. The highest BCUT2D eigenvalue weighted by Crippen LogP contribution is 2.27. The first-order valence-corrected chi connectivity index (χ1v) is 4.47. The van der Waals surface area contributed by atoms with E-state index in [2.05, 4.69) is 16.8 Å². The lowest BCUT2D eigenvalue weighted by Crippen LogP contribution is -2.13. The average molecular weight is 165 g/mol. The van der Waals surface area contributed by atoms with Crippen molar-refractivity contribution in [2.75, 3.05) is 0 Å². The summed E-state index contributed by atoms with van der Waals surface area (Å²) < 4.78 is 0. The number of rotatable bonds is 1. The Bertz CT molecular complexity index is 291. The molecular weight excluding hydrogens is 154 g/mol. The van der Waals surface area contributed by atoms with Gasteiger partial charge in [-0.15, -0.1) is 0 Å². The zero-order valence-electron chi connectivity index (χ0n) is 7.01. The van der Waals surface area contributed by atoms with E-state index in [-0.39, 0.29) is 5.41 Å². The van der Waals surface area contributed by atoms with Crippen molar-refractivity contribution in [1.29, 1.82) is 5.26 Å². The molecule has 1 rings (SSSR count). The maximum atomic E-state index is 8.84. The second-order valence-corrected chi connectivity index (χ2v) is 3.95. The molecule has 0 atom stereocenters. The molecule has 0 radical (unpaired) electrons. The van der Waals surface area contributed by atoms with Crippen LogP contribution in [0.4, 0.5) is 0 Å². The first-order valence-electron chi connectivity index (χ1n) is 3.52. The SMILES string of the molecule is Cc1cscc1C(C)(C)C#N. The lowest BCUT2D eigenvalue weighted by atomic mass is 9.86. The highest BCUT2D eigenvalue weighted by molar-refractivity contribution is 7.08. The van der Waals surface area contributed by atoms with Crippen LogP contribution in [0.25, 0.3) is 0 Å². The van der Waals surface area contributed by atoms with Crippen LogP contribution in [0.2, 0.25) is 0 Å². The van der Waals surface area contributed by atoms with E-state index in [0.717, 1.165) is 5.56 Å². The van der Waals surface area contributed by atoms with E-state index in [0.29, 0.717) is 0 Å². The van der Waals surface area contributed by atoms with Crippen molar-refractivity contribution in [3.05, 3.63) is 21.9 Å². The Hall–Kier alpha value is -0.810. The van der Waals surface area contributed by atoms with Gasteiger partial charge in [-0.3, -0.25) is 0 Å². The van der Waals surface area contributed by atoms with Crippen molar-refractivity contribution < 1.29 is 0 Å². The standard InChI is InChI=1S/C9H11NS/c1-7-4-11-5-8(7)9(2,3)6-10/h4-5H,1-3H3. The van der Waals surface area contributed by atoms with Gasteiger partial charge in [-0.1, -0.05) is 0 Å². The van der Waals surface area contributed by atoms with Crippen LogP contribution in [0.3, 0.4) is 0 Å². The zero-order chi connectivity index (χ0) is 8.48. The molecule has 0 aliphatic carbocycles. The Kier molecular flexibility index (Phi) is 2.01. The summed E-state index contributed by atoms with van der Waals surface area (Å²) in [4.78, 5) is 0. The summed E-state index contributed by atoms with van der Waals surface area (Å²) >= 11 is 1.66. The maximum Gasteiger partial charge on any atom is 0.0776 e. The van der Waals surface area contributed by atoms with Gasteiger partial charge in [0.2, 0.25) is 0 Å². The molecule has 2 heteroatoms. The maximum absolute atomic E-state index is 8.84. The van der Waals surface area contributed by atoms with E-state index in [1.54, 1.807) is 11.3 Å². The Labute approximate surface area is 71.3 Å². The Balaban J connectivity index is 3.13. The van der Waals surface area contributed by atoms with Gasteiger partial charge >= 0.3 is 0 Å². The minimum Gasteiger partial charge on any atom is -0.197 e. The monoisotopic (exact) mass is 165 g/mol. The van der Waals surface area contributed by atoms with Crippen molar-refractivity contribution in [2.24, 2.45) is 0 Å². The van der Waals surface area contributed by atoms with Gasteiger partial charge in [0.1, 0.15) is 0 Å². The highest BCUT2D eigenvalue weighted by atomic mass is 32.1. The van der Waals surface area contributed by atoms with Crippen LogP contribution in [-0.4, -0.2) is 0 Å². The normalized spacial score (nSPS) is 11.1. The molecule has 0 aliphatic rings. The molecule has 0 amide bonds. The third-order valence-electron chi connectivity index (χ3n) is 1.81. The van der Waals surface area contributed by atoms with Crippen LogP contribution in [0.15, 0.2) is 10.8 Å². The summed E-state index contributed by atoms with van der Waals surface area (Å²) in [5.74, 6) is 0. The molecule has 11 heavy (non-hydrogen) atoms. The van der Waals surface area contributed by atoms with Gasteiger partial charge in [-0.2, -0.15) is 16.6 Å². The summed E-state index contributed by atoms with van der Waals surface area (Å²) in [6.45, 7) is 5.94. The molecular formula is C9H11NS. The van der Waals surface area contributed by atoms with Gasteiger partial charge in [-0.25, -0.2) is 0 Å². The first kappa shape index (κ1) is 8.29. The van der Waals surface area contributed by atoms with Gasteiger partial charge in [0.25, 0.3) is 0 Å². The van der Waals surface area contributed by atoms with Gasteiger partial charge in [0, 0.05) is 0 Å². The second-order valence-electron chi connectivity index (χ2n) is 3.21. The molecule has 1 heterocycles. The fourth-order valence-corrected chi connectivity index (χ4v) is 2.08. The van der Waals surface area contributed by atoms with E-state index in [4.69, 9.17) is 5.26 Å². The molecule has 0 aromatic carbocycles. The summed E-state index contributed by atoms with van der Waals surface area (Å²) in [6, 6.07) is 2.29. The fraction of sp³-hybridized carbons (Fsp3) is 0.444. The number of nitriles is 1. The molecule has 1 nitrogen and oxygen atoms in total. The van der Waals surface area contributed by atoms with Crippen molar-refractivity contribution in [2.45, 2.75) is 26.2 Å². The van der Waals surface area contributed by atoms with Gasteiger partial charge in [0.05, 0.1) is 11.5 Å². The van der Waals surface area contributed by atoms with E-state index < -0.39 is 0 Å². The predicted molar refractivity (Wildman–Crippen MR) is 47.7 cm³/mol. The summed E-state index contributed by atoms with van der Waals surface area (Å²) in [6.07, 6.45) is 0. The first-order chi connectivity index (χ1) is 5.08. The Morgan fingerprint density at radius 3 is 2.45 bits per heavy atom. The van der Waals surface area contributed by atoms with Crippen LogP contribution in [0, 0.1) is 18.3 Å². The van der Waals surface area contributed by atoms with Crippen molar-refractivity contribution >= 4 is 11.3 Å². The van der Waals surface area contributed by atoms with Crippen molar-refractivity contribution in [3.63, 3.8) is 0 Å². The van der Waals surface area contributed by atoms with Crippen LogP contribution in [0.1, 0.15) is 25.0 Å². The molecule has 0 saturated carbocycles. The second kappa shape index (κ2) is 2.67. The summed E-state index contributed by atoms with van der Waals surface area (Å²) in [5.41, 5.74) is 2.05. The van der Waals surface area contributed by atoms with E-state index in [9.17, 15) is 0 Å². The molecule has 0 unspecified atom stereocenters. The highest BCUT2D eigenvalue weighted by Gasteiger charge is 2.21. The van der Waals surface area contributed by atoms with Gasteiger partial charge < -0.3 is 0 Å². The van der Waals surface area contributed by atoms with E-state index >= 15 is 0 Å². The predicted octanol–water partition coefficient (Wildman–Crippen LogP) is 2.86. The largest absolute Gasteiger partial charge is 0.197 e. The minimum atomic E-state index is -0.329. The average Bonchev–Trinajstić information content (AvgIpc) is 2.36. The van der Waals surface area contributed by atoms with E-state index in [1.165, 1.54) is 5.56 Å². The smallest absolute Gasteiger partial charge is 0.0776 e. The molecule has 0 N–H and O–H groups in total. The summed E-state index contributed by atoms with van der Waals surface area (Å²) in [5, 5.41) is 13.0. The van der Waals surface area contributed by atoms with Crippen molar-refractivity contribution in [3.8, 4) is 6.07 Å². The summed E-state index contributed by atoms with van der Waals surface area (Å²) in [7, 11) is 0.